The van der Waals surface area contributed by atoms with Gasteiger partial charge in [0, 0.05) is 36.2 Å². The van der Waals surface area contributed by atoms with E-state index < -0.39 is 18.0 Å². The summed E-state index contributed by atoms with van der Waals surface area (Å²) in [7, 11) is 0. The number of hydrogen-bond donors (Lipinski definition) is 2. The van der Waals surface area contributed by atoms with Crippen LogP contribution in [-0.2, 0) is 5.54 Å². The second kappa shape index (κ2) is 9.80. The van der Waals surface area contributed by atoms with E-state index in [0.29, 0.717) is 57.9 Å². The standard InChI is InChI=1S/C27H27ClF2N8/c1-26(2,3)15-34-22-17(11-31)13-33-24-19(22)9-18(10-20(24)28)35-23(16-5-4-8-32-12-16)21-14-38(37-36-21)27(6-7-27)25(29)30/h4-5,8-10,12-14,23,25,35H,6-7,15H2,1-3H3,(H,33,34). The number of halogens is 3. The van der Waals surface area contributed by atoms with E-state index in [1.165, 1.54) is 10.9 Å². The van der Waals surface area contributed by atoms with Gasteiger partial charge in [0.1, 0.15) is 17.3 Å². The number of benzene rings is 1. The molecule has 196 valence electrons. The second-order valence-corrected chi connectivity index (χ2v) is 11.2. The number of anilines is 2. The third-order valence-electron chi connectivity index (χ3n) is 6.60. The molecule has 1 aliphatic rings. The molecule has 0 aliphatic heterocycles. The van der Waals surface area contributed by atoms with Crippen LogP contribution in [0.15, 0.2) is 49.1 Å². The summed E-state index contributed by atoms with van der Waals surface area (Å²) in [6.07, 6.45) is 4.61. The Morgan fingerprint density at radius 3 is 2.66 bits per heavy atom. The van der Waals surface area contributed by atoms with Gasteiger partial charge in [-0.2, -0.15) is 5.26 Å². The van der Waals surface area contributed by atoms with Crippen molar-refractivity contribution >= 4 is 33.9 Å². The number of rotatable bonds is 8. The zero-order valence-corrected chi connectivity index (χ0v) is 22.0. The number of alkyl halides is 2. The Hall–Kier alpha value is -3.84. The van der Waals surface area contributed by atoms with Crippen LogP contribution < -0.4 is 10.6 Å². The van der Waals surface area contributed by atoms with Gasteiger partial charge in [0.2, 0.25) is 0 Å². The van der Waals surface area contributed by atoms with Crippen molar-refractivity contribution in [3.05, 3.63) is 70.9 Å². The van der Waals surface area contributed by atoms with Crippen LogP contribution in [0.3, 0.4) is 0 Å². The lowest BCUT2D eigenvalue weighted by molar-refractivity contribution is 0.0593. The zero-order valence-electron chi connectivity index (χ0n) is 21.2. The summed E-state index contributed by atoms with van der Waals surface area (Å²) in [6, 6.07) is 8.94. The third-order valence-corrected chi connectivity index (χ3v) is 6.89. The highest BCUT2D eigenvalue weighted by molar-refractivity contribution is 6.35. The number of nitriles is 1. The molecule has 0 spiro atoms. The molecule has 5 rings (SSSR count). The Morgan fingerprint density at radius 1 is 1.24 bits per heavy atom. The number of hydrogen-bond acceptors (Lipinski definition) is 7. The van der Waals surface area contributed by atoms with Crippen molar-refractivity contribution in [3.63, 3.8) is 0 Å². The van der Waals surface area contributed by atoms with Crippen molar-refractivity contribution in [2.75, 3.05) is 17.2 Å². The lowest BCUT2D eigenvalue weighted by Gasteiger charge is -2.22. The van der Waals surface area contributed by atoms with Gasteiger partial charge in [0.25, 0.3) is 6.43 Å². The highest BCUT2D eigenvalue weighted by Crippen LogP contribution is 2.48. The van der Waals surface area contributed by atoms with E-state index in [9.17, 15) is 14.0 Å². The first kappa shape index (κ1) is 25.8. The topological polar surface area (TPSA) is 104 Å². The maximum absolute atomic E-state index is 13.7. The fraction of sp³-hybridized carbons (Fsp3) is 0.370. The van der Waals surface area contributed by atoms with Crippen LogP contribution in [0.25, 0.3) is 10.9 Å². The fourth-order valence-electron chi connectivity index (χ4n) is 4.32. The molecule has 1 aliphatic carbocycles. The van der Waals surface area contributed by atoms with Gasteiger partial charge in [-0.1, -0.05) is 43.7 Å². The Morgan fingerprint density at radius 2 is 2.03 bits per heavy atom. The third kappa shape index (κ3) is 4.98. The van der Waals surface area contributed by atoms with Crippen molar-refractivity contribution in [2.45, 2.75) is 51.6 Å². The molecule has 3 heterocycles. The van der Waals surface area contributed by atoms with Crippen LogP contribution >= 0.6 is 11.6 Å². The number of fused-ring (bicyclic) bond motifs is 1. The molecule has 0 bridgehead atoms. The molecular weight excluding hydrogens is 510 g/mol. The summed E-state index contributed by atoms with van der Waals surface area (Å²) >= 11 is 6.66. The molecule has 2 N–H and O–H groups in total. The summed E-state index contributed by atoms with van der Waals surface area (Å²) in [5.74, 6) is 0. The monoisotopic (exact) mass is 536 g/mol. The molecule has 0 amide bonds. The molecule has 1 atom stereocenters. The Bertz CT molecular complexity index is 1500. The summed E-state index contributed by atoms with van der Waals surface area (Å²) in [5.41, 5.74) is 2.17. The first-order valence-corrected chi connectivity index (χ1v) is 12.6. The van der Waals surface area contributed by atoms with Crippen LogP contribution in [0.4, 0.5) is 20.2 Å². The van der Waals surface area contributed by atoms with Gasteiger partial charge in [-0.25, -0.2) is 13.5 Å². The van der Waals surface area contributed by atoms with E-state index >= 15 is 0 Å². The Balaban J connectivity index is 1.57. The molecule has 1 fully saturated rings. The Labute approximate surface area is 224 Å². The normalized spacial score (nSPS) is 15.3. The SMILES string of the molecule is CC(C)(C)CNc1c(C#N)cnc2c(Cl)cc(NC(c3cccnc3)c3cn(C4(C(F)F)CC4)nn3)cc12. The minimum absolute atomic E-state index is 0.0314. The lowest BCUT2D eigenvalue weighted by atomic mass is 9.96. The molecule has 0 radical (unpaired) electrons. The van der Waals surface area contributed by atoms with Crippen LogP contribution in [0.5, 0.6) is 0 Å². The van der Waals surface area contributed by atoms with Gasteiger partial charge >= 0.3 is 0 Å². The average molecular weight is 537 g/mol. The van der Waals surface area contributed by atoms with Gasteiger partial charge < -0.3 is 10.6 Å². The van der Waals surface area contributed by atoms with E-state index in [4.69, 9.17) is 11.6 Å². The van der Waals surface area contributed by atoms with Crippen molar-refractivity contribution in [1.29, 1.82) is 5.26 Å². The second-order valence-electron chi connectivity index (χ2n) is 10.8. The molecule has 3 aromatic heterocycles. The molecule has 8 nitrogen and oxygen atoms in total. The molecule has 4 aromatic rings. The molecular formula is C27H27ClF2N8. The number of aromatic nitrogens is 5. The minimum atomic E-state index is -2.53. The van der Waals surface area contributed by atoms with Crippen LogP contribution in [0.2, 0.25) is 5.02 Å². The predicted octanol–water partition coefficient (Wildman–Crippen LogP) is 6.16. The molecule has 11 heteroatoms. The number of nitrogens with zero attached hydrogens (tertiary/aromatic N) is 6. The molecule has 1 saturated carbocycles. The van der Waals surface area contributed by atoms with Crippen molar-refractivity contribution in [1.82, 2.24) is 25.0 Å². The number of pyridine rings is 2. The summed E-state index contributed by atoms with van der Waals surface area (Å²) in [5, 5.41) is 26.0. The highest BCUT2D eigenvalue weighted by atomic mass is 35.5. The molecule has 1 unspecified atom stereocenters. The van der Waals surface area contributed by atoms with Gasteiger partial charge in [-0.15, -0.1) is 5.10 Å². The van der Waals surface area contributed by atoms with E-state index in [1.54, 1.807) is 30.7 Å². The molecule has 38 heavy (non-hydrogen) atoms. The van der Waals surface area contributed by atoms with E-state index in [1.807, 2.05) is 12.1 Å². The van der Waals surface area contributed by atoms with E-state index in [0.717, 1.165) is 5.56 Å². The van der Waals surface area contributed by atoms with Crippen LogP contribution in [-0.4, -0.2) is 37.9 Å². The number of nitrogens with one attached hydrogen (secondary N) is 2. The summed E-state index contributed by atoms with van der Waals surface area (Å²) < 4.78 is 28.7. The summed E-state index contributed by atoms with van der Waals surface area (Å²) in [6.45, 7) is 6.92. The van der Waals surface area contributed by atoms with Crippen LogP contribution in [0.1, 0.15) is 56.5 Å². The first-order chi connectivity index (χ1) is 18.1. The summed E-state index contributed by atoms with van der Waals surface area (Å²) in [4.78, 5) is 8.64. The van der Waals surface area contributed by atoms with Crippen molar-refractivity contribution in [3.8, 4) is 6.07 Å². The molecule has 0 saturated heterocycles. The van der Waals surface area contributed by atoms with Crippen molar-refractivity contribution < 1.29 is 8.78 Å². The maximum Gasteiger partial charge on any atom is 0.263 e. The van der Waals surface area contributed by atoms with Gasteiger partial charge in [0.15, 0.2) is 0 Å². The van der Waals surface area contributed by atoms with E-state index in [-0.39, 0.29) is 5.41 Å². The van der Waals surface area contributed by atoms with E-state index in [2.05, 4.69) is 57.8 Å². The van der Waals surface area contributed by atoms with Crippen molar-refractivity contribution in [2.24, 2.45) is 5.41 Å². The highest BCUT2D eigenvalue weighted by Gasteiger charge is 2.54. The smallest absolute Gasteiger partial charge is 0.263 e. The fourth-order valence-corrected chi connectivity index (χ4v) is 4.58. The lowest BCUT2D eigenvalue weighted by Crippen LogP contribution is -2.26. The molecule has 1 aromatic carbocycles. The van der Waals surface area contributed by atoms with Gasteiger partial charge in [0.05, 0.1) is 34.0 Å². The minimum Gasteiger partial charge on any atom is -0.383 e. The quantitative estimate of drug-likeness (QED) is 0.278. The van der Waals surface area contributed by atoms with Gasteiger partial charge in [-0.05, 0) is 42.0 Å². The van der Waals surface area contributed by atoms with Crippen LogP contribution in [0, 0.1) is 16.7 Å². The first-order valence-electron chi connectivity index (χ1n) is 12.2. The Kier molecular flexibility index (Phi) is 6.65. The zero-order chi connectivity index (χ0) is 27.1. The largest absolute Gasteiger partial charge is 0.383 e. The average Bonchev–Trinajstić information content (AvgIpc) is 3.56. The maximum atomic E-state index is 13.7. The predicted molar refractivity (Wildman–Crippen MR) is 142 cm³/mol. The van der Waals surface area contributed by atoms with Gasteiger partial charge in [-0.3, -0.25) is 9.97 Å².